The molecule has 43 heavy (non-hydrogen) atoms. The third-order valence-corrected chi connectivity index (χ3v) is 8.79. The number of hydroxylamine groups is 2. The number of allylic oxidation sites excluding steroid dienone is 2. The number of amides is 2. The van der Waals surface area contributed by atoms with Crippen molar-refractivity contribution in [3.8, 4) is 0 Å². The third-order valence-electron chi connectivity index (χ3n) is 7.20. The van der Waals surface area contributed by atoms with E-state index in [1.165, 1.54) is 6.07 Å². The first-order valence-corrected chi connectivity index (χ1v) is 15.2. The molecule has 0 aliphatic carbocycles. The number of halogens is 2. The lowest BCUT2D eigenvalue weighted by atomic mass is 9.88. The average molecular weight is 637 g/mol. The van der Waals surface area contributed by atoms with Crippen molar-refractivity contribution in [2.75, 3.05) is 5.75 Å². The fourth-order valence-electron chi connectivity index (χ4n) is 5.33. The molecule has 0 bridgehead atoms. The molecule has 3 aliphatic heterocycles. The van der Waals surface area contributed by atoms with Gasteiger partial charge < -0.3 is 32.2 Å². The molecule has 5 rings (SSSR count). The van der Waals surface area contributed by atoms with E-state index in [2.05, 4.69) is 9.37 Å². The molecule has 2 aromatic rings. The van der Waals surface area contributed by atoms with Crippen molar-refractivity contribution in [2.45, 2.75) is 37.9 Å². The molecular weight excluding hydrogens is 615 g/mol. The van der Waals surface area contributed by atoms with Crippen LogP contribution < -0.4 is 5.26 Å². The summed E-state index contributed by atoms with van der Waals surface area (Å²) in [6.07, 6.45) is 1.75. The summed E-state index contributed by atoms with van der Waals surface area (Å²) < 4.78 is 72.9. The molecule has 0 spiro atoms. The van der Waals surface area contributed by atoms with Crippen LogP contribution in [0.25, 0.3) is 6.08 Å². The maximum absolute atomic E-state index is 16.6. The number of carbonyl (C=O) groups excluding carboxylic acids is 3. The first-order valence-electron chi connectivity index (χ1n) is 12.8. The highest BCUT2D eigenvalue weighted by atomic mass is 32.2. The van der Waals surface area contributed by atoms with E-state index in [-0.39, 0.29) is 46.5 Å². The van der Waals surface area contributed by atoms with Crippen molar-refractivity contribution in [1.29, 1.82) is 0 Å². The molecule has 1 aromatic heterocycles. The highest BCUT2D eigenvalue weighted by Gasteiger charge is 2.54. The van der Waals surface area contributed by atoms with Crippen LogP contribution in [-0.2, 0) is 45.1 Å². The summed E-state index contributed by atoms with van der Waals surface area (Å²) in [5.74, 6) is -3.58. The zero-order valence-electron chi connectivity index (χ0n) is 22.3. The van der Waals surface area contributed by atoms with Gasteiger partial charge in [-0.1, -0.05) is 18.2 Å². The van der Waals surface area contributed by atoms with Crippen LogP contribution in [0.4, 0.5) is 8.63 Å². The molecule has 1 saturated heterocycles. The summed E-state index contributed by atoms with van der Waals surface area (Å²) in [6.45, 7) is -2.88. The van der Waals surface area contributed by atoms with Gasteiger partial charge in [0.05, 0.1) is 12.8 Å². The number of hydrogen-bond donors (Lipinski definition) is 0. The average Bonchev–Trinajstić information content (AvgIpc) is 3.58. The second-order valence-electron chi connectivity index (χ2n) is 9.87. The van der Waals surface area contributed by atoms with E-state index in [1.54, 1.807) is 49.4 Å². The molecular formula is C25H22BF2N3O10S2-2. The van der Waals surface area contributed by atoms with Crippen LogP contribution in [-0.4, -0.2) is 68.5 Å². The monoisotopic (exact) mass is 637 g/mol. The van der Waals surface area contributed by atoms with Crippen LogP contribution in [0.2, 0.25) is 0 Å². The molecule has 18 heteroatoms. The molecule has 228 valence electrons. The molecule has 1 atom stereocenters. The summed E-state index contributed by atoms with van der Waals surface area (Å²) in [5, 5.41) is 11.2. The second kappa shape index (κ2) is 11.8. The maximum atomic E-state index is 16.6. The van der Waals surface area contributed by atoms with Crippen LogP contribution in [0.1, 0.15) is 41.8 Å². The Balaban J connectivity index is 1.42. The van der Waals surface area contributed by atoms with Crippen molar-refractivity contribution in [3.63, 3.8) is 0 Å². The van der Waals surface area contributed by atoms with E-state index in [0.29, 0.717) is 16.7 Å². The Hall–Kier alpha value is -3.68. The van der Waals surface area contributed by atoms with Crippen LogP contribution in [0, 0.1) is 6.92 Å². The molecule has 1 fully saturated rings. The van der Waals surface area contributed by atoms with E-state index in [1.807, 2.05) is 0 Å². The van der Waals surface area contributed by atoms with Gasteiger partial charge in [0.15, 0.2) is 11.4 Å². The number of imide groups is 1. The topological polar surface area (TPSA) is 170 Å². The molecule has 3 aliphatic rings. The Bertz CT molecular complexity index is 1710. The van der Waals surface area contributed by atoms with Gasteiger partial charge >= 0.3 is 12.9 Å². The van der Waals surface area contributed by atoms with Crippen molar-refractivity contribution >= 4 is 58.7 Å². The predicted octanol–water partition coefficient (Wildman–Crippen LogP) is 1.14. The first-order chi connectivity index (χ1) is 20.3. The van der Waals surface area contributed by atoms with E-state index in [9.17, 15) is 32.6 Å². The summed E-state index contributed by atoms with van der Waals surface area (Å²) in [4.78, 5) is 41.3. The van der Waals surface area contributed by atoms with Crippen LogP contribution in [0.5, 0.6) is 0 Å². The number of hydrogen-bond acceptors (Lipinski definition) is 11. The number of fused-ring (bicyclic) bond motifs is 2. The SMILES string of the molecule is Cc1cc(CCC(=O)ON2C(=O)CC(S(=O)(=O)[O-])C2=O)n2c1C=C1C(CCSOO[O-])=CC(c3ccccc3)=[N+]1[B-]2(F)F. The lowest BCUT2D eigenvalue weighted by Crippen LogP contribution is -2.51. The van der Waals surface area contributed by atoms with E-state index < -0.39 is 53.0 Å². The highest BCUT2D eigenvalue weighted by molar-refractivity contribution is 7.94. The van der Waals surface area contributed by atoms with E-state index in [4.69, 9.17) is 4.84 Å². The summed E-state index contributed by atoms with van der Waals surface area (Å²) in [5.41, 5.74) is 2.40. The van der Waals surface area contributed by atoms with Crippen LogP contribution in [0.15, 0.2) is 53.7 Å². The standard InChI is InChI=1S/C25H24BF2N3O10S2/c1-15-11-18(7-8-24(33)39-31-23(32)14-22(25(31)34)43(36,37)38)29-19(15)13-21-17(9-10-42-41-40-35)12-20(30(21)26(29,27)28)16-5-3-2-4-6-16/h2-6,11-13,22,35H,7-10,14H2,1H3,(H,36,37,38)/p-2. The van der Waals surface area contributed by atoms with Gasteiger partial charge in [-0.25, -0.2) is 13.2 Å². The second-order valence-corrected chi connectivity index (χ2v) is 12.2. The Labute approximate surface area is 247 Å². The van der Waals surface area contributed by atoms with Gasteiger partial charge in [-0.15, -0.1) is 5.06 Å². The molecule has 1 aromatic carbocycles. The summed E-state index contributed by atoms with van der Waals surface area (Å²) >= 11 is 0.738. The van der Waals surface area contributed by atoms with E-state index >= 15 is 8.63 Å². The van der Waals surface area contributed by atoms with Gasteiger partial charge in [0.2, 0.25) is 0 Å². The Morgan fingerprint density at radius 2 is 1.91 bits per heavy atom. The third kappa shape index (κ3) is 5.81. The van der Waals surface area contributed by atoms with Crippen molar-refractivity contribution in [2.24, 2.45) is 0 Å². The van der Waals surface area contributed by atoms with Crippen LogP contribution >= 0.6 is 12.0 Å². The Morgan fingerprint density at radius 1 is 1.19 bits per heavy atom. The predicted molar refractivity (Wildman–Crippen MR) is 143 cm³/mol. The van der Waals surface area contributed by atoms with Gasteiger partial charge in [-0.05, 0) is 49.2 Å². The molecule has 0 N–H and O–H groups in total. The molecule has 4 heterocycles. The number of aromatic nitrogens is 1. The Kier molecular flexibility index (Phi) is 8.43. The first kappa shape index (κ1) is 30.8. The number of aryl methyl sites for hydroxylation is 2. The summed E-state index contributed by atoms with van der Waals surface area (Å²) in [7, 11) is -5.15. The highest BCUT2D eigenvalue weighted by Crippen LogP contribution is 2.39. The van der Waals surface area contributed by atoms with Gasteiger partial charge in [-0.3, -0.25) is 14.6 Å². The lowest BCUT2D eigenvalue weighted by Gasteiger charge is -2.31. The van der Waals surface area contributed by atoms with Crippen molar-refractivity contribution in [3.05, 3.63) is 76.3 Å². The summed E-state index contributed by atoms with van der Waals surface area (Å²) in [6, 6.07) is 10.1. The van der Waals surface area contributed by atoms with Gasteiger partial charge in [-0.2, -0.15) is 4.33 Å². The fourth-order valence-corrected chi connectivity index (χ4v) is 6.43. The fraction of sp³-hybridized carbons (Fsp3) is 0.280. The van der Waals surface area contributed by atoms with Gasteiger partial charge in [0.1, 0.15) is 15.4 Å². The van der Waals surface area contributed by atoms with Crippen molar-refractivity contribution in [1.82, 2.24) is 9.54 Å². The Morgan fingerprint density at radius 3 is 2.56 bits per heavy atom. The van der Waals surface area contributed by atoms with E-state index in [0.717, 1.165) is 21.0 Å². The maximum Gasteiger partial charge on any atom is 0.737 e. The molecule has 0 saturated carbocycles. The van der Waals surface area contributed by atoms with Crippen molar-refractivity contribution < 1.29 is 59.9 Å². The normalized spacial score (nSPS) is 19.4. The van der Waals surface area contributed by atoms with Crippen LogP contribution in [0.3, 0.4) is 0 Å². The molecule has 1 unspecified atom stereocenters. The number of rotatable bonds is 11. The quantitative estimate of drug-likeness (QED) is 0.0659. The largest absolute Gasteiger partial charge is 0.747 e. The number of carbonyl (C=O) groups is 3. The van der Waals surface area contributed by atoms with Gasteiger partial charge in [0.25, 0.3) is 11.8 Å². The smallest absolute Gasteiger partial charge is 0.737 e. The lowest BCUT2D eigenvalue weighted by molar-refractivity contribution is -0.777. The zero-order valence-corrected chi connectivity index (χ0v) is 23.9. The zero-order chi connectivity index (χ0) is 31.1. The minimum Gasteiger partial charge on any atom is -0.747 e. The minimum atomic E-state index is -5.15. The number of benzene rings is 1. The minimum absolute atomic E-state index is 0.0695. The number of nitrogens with zero attached hydrogens (tertiary/aromatic N) is 3. The van der Waals surface area contributed by atoms with Gasteiger partial charge in [0, 0.05) is 46.8 Å². The molecule has 0 radical (unpaired) electrons. The molecule has 2 amide bonds. The molecule has 13 nitrogen and oxygen atoms in total.